The zero-order valence-corrected chi connectivity index (χ0v) is 15.6. The van der Waals surface area contributed by atoms with Crippen molar-refractivity contribution in [1.29, 1.82) is 5.26 Å². The molecule has 0 fully saturated rings. The molecule has 0 bridgehead atoms. The number of pyridine rings is 1. The number of halogens is 3. The molecule has 1 unspecified atom stereocenters. The molecule has 0 amide bonds. The van der Waals surface area contributed by atoms with Crippen LogP contribution >= 0.6 is 11.6 Å². The molecule has 1 heterocycles. The first kappa shape index (κ1) is 21.4. The lowest BCUT2D eigenvalue weighted by molar-refractivity contribution is -0.139. The molecule has 2 rings (SSSR count). The zero-order chi connectivity index (χ0) is 20.8. The molecule has 6 nitrogen and oxygen atoms in total. The highest BCUT2D eigenvalue weighted by Crippen LogP contribution is 2.39. The van der Waals surface area contributed by atoms with E-state index in [1.54, 1.807) is 0 Å². The Hall–Kier alpha value is -2.92. The molecule has 0 aliphatic rings. The van der Waals surface area contributed by atoms with Crippen molar-refractivity contribution in [3.05, 3.63) is 50.9 Å². The molecular weight excluding hydrogens is 394 g/mol. The molecule has 0 saturated heterocycles. The number of H-pyrrole nitrogens is 1. The summed E-state index contributed by atoms with van der Waals surface area (Å²) in [5.41, 5.74) is -1.10. The minimum Gasteiger partial charge on any atom is -0.481 e. The fourth-order valence-electron chi connectivity index (χ4n) is 2.95. The van der Waals surface area contributed by atoms with Gasteiger partial charge in [0.05, 0.1) is 17.6 Å². The number of aliphatic carboxylic acids is 1. The van der Waals surface area contributed by atoms with Gasteiger partial charge in [-0.25, -0.2) is 0 Å². The topological polar surface area (TPSA) is 103 Å². The molecule has 1 aromatic heterocycles. The first-order valence-electron chi connectivity index (χ1n) is 8.43. The molecule has 0 aliphatic carbocycles. The fraction of sp³-hybridized carbons (Fsp3) is 0.316. The van der Waals surface area contributed by atoms with Gasteiger partial charge in [-0.1, -0.05) is 31.4 Å². The summed E-state index contributed by atoms with van der Waals surface area (Å²) in [5.74, 6) is -2.99. The molecule has 1 aromatic carbocycles. The standard InChI is InChI=1S/C19H17ClF2N2O4/c1-2-3-4-12(18(26)27)16-15(13-7-11(20)6-5-10(13)8-23)14(28-19(21)22)9-24-17(16)25/h5-7,9,12,19H,2-4H2,1H3,(H,24,25)(H,26,27). The van der Waals surface area contributed by atoms with Crippen LogP contribution in [-0.2, 0) is 4.79 Å². The number of nitriles is 1. The number of aromatic nitrogens is 1. The number of ether oxygens (including phenoxy) is 1. The lowest BCUT2D eigenvalue weighted by Gasteiger charge is -2.20. The predicted octanol–water partition coefficient (Wildman–Crippen LogP) is 4.53. The highest BCUT2D eigenvalue weighted by Gasteiger charge is 2.30. The van der Waals surface area contributed by atoms with Crippen molar-refractivity contribution in [3.8, 4) is 22.9 Å². The molecule has 0 saturated carbocycles. The van der Waals surface area contributed by atoms with Crippen molar-refractivity contribution in [1.82, 2.24) is 4.98 Å². The number of carboxylic acid groups (broad SMARTS) is 1. The van der Waals surface area contributed by atoms with Crippen LogP contribution in [0.2, 0.25) is 5.02 Å². The molecule has 148 valence electrons. The van der Waals surface area contributed by atoms with Gasteiger partial charge in [0.1, 0.15) is 0 Å². The van der Waals surface area contributed by atoms with Gasteiger partial charge in [-0.15, -0.1) is 0 Å². The van der Waals surface area contributed by atoms with Crippen LogP contribution in [0.4, 0.5) is 8.78 Å². The van der Waals surface area contributed by atoms with Crippen LogP contribution in [0, 0.1) is 11.3 Å². The maximum absolute atomic E-state index is 13.0. The number of carboxylic acids is 1. The number of nitrogens with zero attached hydrogens (tertiary/aromatic N) is 1. The fourth-order valence-corrected chi connectivity index (χ4v) is 3.12. The second-order valence-electron chi connectivity index (χ2n) is 5.98. The van der Waals surface area contributed by atoms with Gasteiger partial charge in [-0.05, 0) is 24.6 Å². The lowest BCUT2D eigenvalue weighted by Crippen LogP contribution is -2.24. The van der Waals surface area contributed by atoms with Crippen molar-refractivity contribution in [2.24, 2.45) is 0 Å². The van der Waals surface area contributed by atoms with E-state index in [0.717, 1.165) is 6.20 Å². The monoisotopic (exact) mass is 410 g/mol. The number of nitrogens with one attached hydrogen (secondary N) is 1. The van der Waals surface area contributed by atoms with Crippen LogP contribution in [0.3, 0.4) is 0 Å². The molecule has 2 aromatic rings. The minimum atomic E-state index is -3.22. The number of carbonyl (C=O) groups is 1. The van der Waals surface area contributed by atoms with Gasteiger partial charge < -0.3 is 14.8 Å². The van der Waals surface area contributed by atoms with Crippen LogP contribution in [0.5, 0.6) is 5.75 Å². The van der Waals surface area contributed by atoms with Gasteiger partial charge in [0.2, 0.25) is 0 Å². The lowest BCUT2D eigenvalue weighted by atomic mass is 9.86. The third-order valence-corrected chi connectivity index (χ3v) is 4.41. The summed E-state index contributed by atoms with van der Waals surface area (Å²) in [7, 11) is 0. The number of rotatable bonds is 8. The second-order valence-corrected chi connectivity index (χ2v) is 6.42. The number of hydrogen-bond donors (Lipinski definition) is 2. The Kier molecular flexibility index (Phi) is 7.12. The van der Waals surface area contributed by atoms with E-state index in [0.29, 0.717) is 12.8 Å². The third-order valence-electron chi connectivity index (χ3n) is 4.18. The Labute approximate surface area is 164 Å². The van der Waals surface area contributed by atoms with Crippen molar-refractivity contribution >= 4 is 17.6 Å². The van der Waals surface area contributed by atoms with Crippen molar-refractivity contribution in [2.45, 2.75) is 38.7 Å². The molecule has 2 N–H and O–H groups in total. The number of hydrogen-bond acceptors (Lipinski definition) is 4. The normalized spacial score (nSPS) is 11.9. The average molecular weight is 411 g/mol. The summed E-state index contributed by atoms with van der Waals surface area (Å²) < 4.78 is 30.4. The molecular formula is C19H17ClF2N2O4. The van der Waals surface area contributed by atoms with Gasteiger partial charge in [0.25, 0.3) is 5.56 Å². The van der Waals surface area contributed by atoms with E-state index in [2.05, 4.69) is 9.72 Å². The van der Waals surface area contributed by atoms with Crippen LogP contribution in [0.15, 0.2) is 29.2 Å². The molecule has 0 spiro atoms. The summed E-state index contributed by atoms with van der Waals surface area (Å²) in [6.07, 6.45) is 2.21. The largest absolute Gasteiger partial charge is 0.481 e. The maximum atomic E-state index is 13.0. The Bertz CT molecular complexity index is 969. The van der Waals surface area contributed by atoms with Crippen LogP contribution < -0.4 is 10.3 Å². The van der Waals surface area contributed by atoms with E-state index in [-0.39, 0.29) is 33.7 Å². The van der Waals surface area contributed by atoms with E-state index in [4.69, 9.17) is 11.6 Å². The average Bonchev–Trinajstić information content (AvgIpc) is 2.63. The Morgan fingerprint density at radius 3 is 2.71 bits per heavy atom. The highest BCUT2D eigenvalue weighted by atomic mass is 35.5. The van der Waals surface area contributed by atoms with E-state index in [9.17, 15) is 28.7 Å². The van der Waals surface area contributed by atoms with Crippen LogP contribution in [0.25, 0.3) is 11.1 Å². The first-order valence-corrected chi connectivity index (χ1v) is 8.81. The molecule has 0 radical (unpaired) electrons. The number of alkyl halides is 2. The Morgan fingerprint density at radius 1 is 1.43 bits per heavy atom. The van der Waals surface area contributed by atoms with Gasteiger partial charge in [-0.3, -0.25) is 9.59 Å². The Balaban J connectivity index is 2.89. The molecule has 0 aliphatic heterocycles. The second kappa shape index (κ2) is 9.33. The van der Waals surface area contributed by atoms with Crippen molar-refractivity contribution in [2.75, 3.05) is 0 Å². The summed E-state index contributed by atoms with van der Waals surface area (Å²) in [5, 5.41) is 19.3. The third kappa shape index (κ3) is 4.67. The number of unbranched alkanes of at least 4 members (excludes halogenated alkanes) is 1. The van der Waals surface area contributed by atoms with Gasteiger partial charge in [0, 0.05) is 27.9 Å². The summed E-state index contributed by atoms with van der Waals surface area (Å²) in [6.45, 7) is -1.37. The molecule has 9 heteroatoms. The summed E-state index contributed by atoms with van der Waals surface area (Å²) in [4.78, 5) is 26.7. The number of benzene rings is 1. The summed E-state index contributed by atoms with van der Waals surface area (Å²) in [6, 6.07) is 6.00. The van der Waals surface area contributed by atoms with E-state index in [1.165, 1.54) is 18.2 Å². The maximum Gasteiger partial charge on any atom is 0.387 e. The van der Waals surface area contributed by atoms with E-state index in [1.807, 2.05) is 13.0 Å². The van der Waals surface area contributed by atoms with E-state index < -0.39 is 29.8 Å². The highest BCUT2D eigenvalue weighted by molar-refractivity contribution is 6.31. The van der Waals surface area contributed by atoms with Crippen molar-refractivity contribution < 1.29 is 23.4 Å². The zero-order valence-electron chi connectivity index (χ0n) is 14.8. The van der Waals surface area contributed by atoms with Gasteiger partial charge >= 0.3 is 12.6 Å². The smallest absolute Gasteiger partial charge is 0.387 e. The first-order chi connectivity index (χ1) is 13.3. The minimum absolute atomic E-state index is 0.0370. The Morgan fingerprint density at radius 2 is 2.14 bits per heavy atom. The van der Waals surface area contributed by atoms with Crippen LogP contribution in [-0.4, -0.2) is 22.7 Å². The van der Waals surface area contributed by atoms with Crippen LogP contribution in [0.1, 0.15) is 43.2 Å². The van der Waals surface area contributed by atoms with Gasteiger partial charge in [0.15, 0.2) is 5.75 Å². The predicted molar refractivity (Wildman–Crippen MR) is 98.8 cm³/mol. The van der Waals surface area contributed by atoms with Crippen molar-refractivity contribution in [3.63, 3.8) is 0 Å². The summed E-state index contributed by atoms with van der Waals surface area (Å²) >= 11 is 6.00. The SMILES string of the molecule is CCCCC(C(=O)O)c1c(-c2cc(Cl)ccc2C#N)c(OC(F)F)c[nH]c1=O. The number of aromatic amines is 1. The van der Waals surface area contributed by atoms with Gasteiger partial charge in [-0.2, -0.15) is 14.0 Å². The quantitative estimate of drug-likeness (QED) is 0.665. The molecule has 1 atom stereocenters. The van der Waals surface area contributed by atoms with E-state index >= 15 is 0 Å². The molecule has 28 heavy (non-hydrogen) atoms.